The number of halogens is 4. The lowest BCUT2D eigenvalue weighted by Gasteiger charge is -2.13. The zero-order valence-corrected chi connectivity index (χ0v) is 11.3. The van der Waals surface area contributed by atoms with E-state index >= 15 is 0 Å². The number of nitrogens with two attached hydrogens (primary N) is 2. The SMILES string of the molecule is Nc1nc(N)c([N+](=O)[O-])c(Cc2cc(F)ccc2C(F)(F)F)n1. The van der Waals surface area contributed by atoms with Crippen LogP contribution in [0.2, 0.25) is 0 Å². The largest absolute Gasteiger partial charge is 0.416 e. The molecule has 0 bridgehead atoms. The van der Waals surface area contributed by atoms with E-state index in [0.717, 1.165) is 0 Å². The van der Waals surface area contributed by atoms with Crippen LogP contribution < -0.4 is 11.5 Å². The molecule has 0 aliphatic carbocycles. The summed E-state index contributed by atoms with van der Waals surface area (Å²) >= 11 is 0. The number of nitrogen functional groups attached to an aromatic ring is 2. The molecule has 23 heavy (non-hydrogen) atoms. The Labute approximate surface area is 126 Å². The van der Waals surface area contributed by atoms with Crippen LogP contribution in [0.25, 0.3) is 0 Å². The van der Waals surface area contributed by atoms with Gasteiger partial charge in [-0.3, -0.25) is 10.1 Å². The minimum absolute atomic E-state index is 0.434. The first kappa shape index (κ1) is 16.4. The van der Waals surface area contributed by atoms with Crippen LogP contribution in [0, 0.1) is 15.9 Å². The molecule has 122 valence electrons. The van der Waals surface area contributed by atoms with Gasteiger partial charge in [0.25, 0.3) is 0 Å². The van der Waals surface area contributed by atoms with Crippen molar-refractivity contribution in [3.05, 3.63) is 51.0 Å². The van der Waals surface area contributed by atoms with E-state index in [1.807, 2.05) is 0 Å². The maximum Gasteiger partial charge on any atom is 0.416 e. The number of rotatable bonds is 3. The van der Waals surface area contributed by atoms with Crippen molar-refractivity contribution in [2.75, 3.05) is 11.5 Å². The lowest BCUT2D eigenvalue weighted by atomic mass is 10.0. The van der Waals surface area contributed by atoms with E-state index in [2.05, 4.69) is 9.97 Å². The summed E-state index contributed by atoms with van der Waals surface area (Å²) in [6, 6.07) is 1.81. The van der Waals surface area contributed by atoms with Gasteiger partial charge in [-0.25, -0.2) is 9.37 Å². The van der Waals surface area contributed by atoms with Gasteiger partial charge < -0.3 is 11.5 Å². The molecule has 0 spiro atoms. The summed E-state index contributed by atoms with van der Waals surface area (Å²) in [7, 11) is 0. The molecule has 11 heteroatoms. The Bertz CT molecular complexity index is 779. The Morgan fingerprint density at radius 2 is 1.87 bits per heavy atom. The Balaban J connectivity index is 2.60. The van der Waals surface area contributed by atoms with Crippen LogP contribution in [0.1, 0.15) is 16.8 Å². The average molecular weight is 331 g/mol. The van der Waals surface area contributed by atoms with Gasteiger partial charge in [0.05, 0.1) is 10.5 Å². The number of anilines is 2. The standard InChI is InChI=1S/C12H9F4N5O2/c13-6-1-2-7(12(14,15)16)5(3-6)4-8-9(21(22)23)10(17)20-11(18)19-8/h1-3H,4H2,(H4,17,18,19,20). The van der Waals surface area contributed by atoms with Gasteiger partial charge in [0.15, 0.2) is 0 Å². The number of hydrogen-bond donors (Lipinski definition) is 2. The van der Waals surface area contributed by atoms with E-state index in [0.29, 0.717) is 18.2 Å². The van der Waals surface area contributed by atoms with E-state index < -0.39 is 57.6 Å². The monoisotopic (exact) mass is 331 g/mol. The van der Waals surface area contributed by atoms with Crippen LogP contribution in [-0.4, -0.2) is 14.9 Å². The van der Waals surface area contributed by atoms with Crippen molar-refractivity contribution in [3.8, 4) is 0 Å². The minimum Gasteiger partial charge on any atom is -0.378 e. The van der Waals surface area contributed by atoms with E-state index in [1.165, 1.54) is 0 Å². The summed E-state index contributed by atoms with van der Waals surface area (Å²) < 4.78 is 52.2. The van der Waals surface area contributed by atoms with Crippen molar-refractivity contribution < 1.29 is 22.5 Å². The van der Waals surface area contributed by atoms with Gasteiger partial charge in [0, 0.05) is 6.42 Å². The van der Waals surface area contributed by atoms with E-state index in [4.69, 9.17) is 11.5 Å². The molecule has 1 aromatic heterocycles. The molecule has 0 saturated heterocycles. The summed E-state index contributed by atoms with van der Waals surface area (Å²) in [6.45, 7) is 0. The lowest BCUT2D eigenvalue weighted by Crippen LogP contribution is -2.13. The summed E-state index contributed by atoms with van der Waals surface area (Å²) in [4.78, 5) is 17.0. The number of alkyl halides is 3. The fraction of sp³-hybridized carbons (Fsp3) is 0.167. The van der Waals surface area contributed by atoms with Crippen LogP contribution in [0.4, 0.5) is 35.0 Å². The topological polar surface area (TPSA) is 121 Å². The van der Waals surface area contributed by atoms with Gasteiger partial charge in [0.2, 0.25) is 11.8 Å². The second-order valence-electron chi connectivity index (χ2n) is 4.50. The maximum atomic E-state index is 13.3. The highest BCUT2D eigenvalue weighted by molar-refractivity contribution is 5.58. The highest BCUT2D eigenvalue weighted by atomic mass is 19.4. The van der Waals surface area contributed by atoms with Crippen molar-refractivity contribution >= 4 is 17.5 Å². The van der Waals surface area contributed by atoms with Gasteiger partial charge in [-0.05, 0) is 23.8 Å². The van der Waals surface area contributed by atoms with E-state index in [-0.39, 0.29) is 0 Å². The first-order valence-electron chi connectivity index (χ1n) is 6.01. The van der Waals surface area contributed by atoms with Crippen molar-refractivity contribution in [1.82, 2.24) is 9.97 Å². The average Bonchev–Trinajstić information content (AvgIpc) is 2.35. The smallest absolute Gasteiger partial charge is 0.378 e. The Morgan fingerprint density at radius 1 is 1.22 bits per heavy atom. The van der Waals surface area contributed by atoms with Crippen LogP contribution in [0.3, 0.4) is 0 Å². The first-order valence-corrected chi connectivity index (χ1v) is 6.01. The van der Waals surface area contributed by atoms with E-state index in [9.17, 15) is 27.7 Å². The normalized spacial score (nSPS) is 11.5. The maximum absolute atomic E-state index is 13.3. The van der Waals surface area contributed by atoms with Gasteiger partial charge in [-0.2, -0.15) is 18.2 Å². The molecular formula is C12H9F4N5O2. The molecule has 7 nitrogen and oxygen atoms in total. The van der Waals surface area contributed by atoms with Crippen LogP contribution in [0.15, 0.2) is 18.2 Å². The third-order valence-electron chi connectivity index (χ3n) is 2.91. The molecule has 2 rings (SSSR count). The molecule has 0 saturated carbocycles. The number of hydrogen-bond acceptors (Lipinski definition) is 6. The van der Waals surface area contributed by atoms with Crippen LogP contribution in [-0.2, 0) is 12.6 Å². The molecule has 0 aliphatic rings. The number of benzene rings is 1. The summed E-state index contributed by atoms with van der Waals surface area (Å²) in [5, 5.41) is 11.0. The minimum atomic E-state index is -4.76. The highest BCUT2D eigenvalue weighted by Crippen LogP contribution is 2.35. The number of nitrogens with zero attached hydrogens (tertiary/aromatic N) is 3. The predicted molar refractivity (Wildman–Crippen MR) is 71.7 cm³/mol. The van der Waals surface area contributed by atoms with Crippen molar-refractivity contribution in [2.24, 2.45) is 0 Å². The highest BCUT2D eigenvalue weighted by Gasteiger charge is 2.34. The van der Waals surface area contributed by atoms with Crippen molar-refractivity contribution in [1.29, 1.82) is 0 Å². The molecule has 0 unspecified atom stereocenters. The predicted octanol–water partition coefficient (Wildman–Crippen LogP) is 2.30. The van der Waals surface area contributed by atoms with E-state index in [1.54, 1.807) is 0 Å². The molecule has 0 radical (unpaired) electrons. The van der Waals surface area contributed by atoms with Crippen molar-refractivity contribution in [2.45, 2.75) is 12.6 Å². The molecule has 1 aromatic carbocycles. The summed E-state index contributed by atoms with van der Waals surface area (Å²) in [5.41, 5.74) is 7.81. The third kappa shape index (κ3) is 3.44. The fourth-order valence-corrected chi connectivity index (χ4v) is 2.03. The van der Waals surface area contributed by atoms with Crippen LogP contribution >= 0.6 is 0 Å². The zero-order chi connectivity index (χ0) is 17.4. The van der Waals surface area contributed by atoms with Gasteiger partial charge in [-0.15, -0.1) is 0 Å². The first-order chi connectivity index (χ1) is 10.6. The Hall–Kier alpha value is -2.98. The molecule has 0 amide bonds. The molecule has 2 aromatic rings. The quantitative estimate of drug-likeness (QED) is 0.506. The lowest BCUT2D eigenvalue weighted by molar-refractivity contribution is -0.385. The molecule has 0 atom stereocenters. The number of nitro groups is 1. The molecular weight excluding hydrogens is 322 g/mol. The summed E-state index contributed by atoms with van der Waals surface area (Å²) in [5.74, 6) is -1.94. The van der Waals surface area contributed by atoms with Crippen LogP contribution in [0.5, 0.6) is 0 Å². The zero-order valence-electron chi connectivity index (χ0n) is 11.3. The Kier molecular flexibility index (Phi) is 4.04. The van der Waals surface area contributed by atoms with Gasteiger partial charge in [0.1, 0.15) is 11.5 Å². The number of aromatic nitrogens is 2. The van der Waals surface area contributed by atoms with Gasteiger partial charge >= 0.3 is 11.9 Å². The second-order valence-corrected chi connectivity index (χ2v) is 4.50. The molecule has 4 N–H and O–H groups in total. The second kappa shape index (κ2) is 5.66. The Morgan fingerprint density at radius 3 is 2.43 bits per heavy atom. The fourth-order valence-electron chi connectivity index (χ4n) is 2.03. The molecule has 1 heterocycles. The summed E-state index contributed by atoms with van der Waals surface area (Å²) in [6.07, 6.45) is -5.44. The van der Waals surface area contributed by atoms with Crippen molar-refractivity contribution in [3.63, 3.8) is 0 Å². The van der Waals surface area contributed by atoms with Gasteiger partial charge in [-0.1, -0.05) is 0 Å². The third-order valence-corrected chi connectivity index (χ3v) is 2.91. The molecule has 0 fully saturated rings. The molecule has 0 aliphatic heterocycles.